The molecule has 2 fully saturated rings. The van der Waals surface area contributed by atoms with Gasteiger partial charge in [-0.15, -0.1) is 0 Å². The van der Waals surface area contributed by atoms with Gasteiger partial charge in [0.2, 0.25) is 10.0 Å². The normalized spacial score (nSPS) is 26.5. The van der Waals surface area contributed by atoms with Crippen molar-refractivity contribution in [2.75, 3.05) is 18.4 Å². The quantitative estimate of drug-likeness (QED) is 0.928. The number of rotatable bonds is 4. The van der Waals surface area contributed by atoms with Gasteiger partial charge in [0.15, 0.2) is 0 Å². The van der Waals surface area contributed by atoms with Crippen LogP contribution in [-0.2, 0) is 10.0 Å². The van der Waals surface area contributed by atoms with Gasteiger partial charge in [0.05, 0.1) is 5.69 Å². The van der Waals surface area contributed by atoms with E-state index in [1.54, 1.807) is 16.6 Å². The van der Waals surface area contributed by atoms with Crippen molar-refractivity contribution in [1.29, 1.82) is 0 Å². The summed E-state index contributed by atoms with van der Waals surface area (Å²) in [7, 11) is -3.46. The molecule has 1 aliphatic carbocycles. The van der Waals surface area contributed by atoms with Crippen LogP contribution in [0.2, 0.25) is 0 Å². The second kappa shape index (κ2) is 5.93. The minimum atomic E-state index is -3.46. The maximum Gasteiger partial charge on any atom is 0.246 e. The first kappa shape index (κ1) is 14.8. The molecule has 0 amide bonds. The van der Waals surface area contributed by atoms with Crippen LogP contribution in [0.5, 0.6) is 0 Å². The Balaban J connectivity index is 1.96. The molecule has 2 aliphatic rings. The molecule has 1 N–H and O–H groups in total. The molecule has 0 bridgehead atoms. The SMILES string of the molecule is CCNc1ccncc1S(=O)(=O)N1CCCC2CCCC21. The third-order valence-corrected chi connectivity index (χ3v) is 6.63. The number of fused-ring (bicyclic) bond motifs is 1. The fraction of sp³-hybridized carbons (Fsp3) is 0.667. The van der Waals surface area contributed by atoms with Crippen molar-refractivity contribution in [2.45, 2.75) is 50.0 Å². The van der Waals surface area contributed by atoms with E-state index in [1.165, 1.54) is 19.0 Å². The van der Waals surface area contributed by atoms with Gasteiger partial charge in [-0.05, 0) is 44.6 Å². The molecule has 1 aliphatic heterocycles. The Bertz CT molecular complexity index is 603. The van der Waals surface area contributed by atoms with Gasteiger partial charge in [-0.1, -0.05) is 6.42 Å². The largest absolute Gasteiger partial charge is 0.384 e. The first-order valence-corrected chi connectivity index (χ1v) is 9.28. The monoisotopic (exact) mass is 309 g/mol. The molecule has 3 rings (SSSR count). The number of aromatic nitrogens is 1. The van der Waals surface area contributed by atoms with Gasteiger partial charge < -0.3 is 5.32 Å². The van der Waals surface area contributed by atoms with Crippen LogP contribution in [0, 0.1) is 5.92 Å². The molecule has 6 heteroatoms. The van der Waals surface area contributed by atoms with Crippen LogP contribution >= 0.6 is 0 Å². The molecule has 116 valence electrons. The van der Waals surface area contributed by atoms with E-state index in [1.807, 2.05) is 6.92 Å². The van der Waals surface area contributed by atoms with Crippen LogP contribution in [0.4, 0.5) is 5.69 Å². The van der Waals surface area contributed by atoms with Crippen molar-refractivity contribution < 1.29 is 8.42 Å². The lowest BCUT2D eigenvalue weighted by Gasteiger charge is -2.36. The Hall–Kier alpha value is -1.14. The van der Waals surface area contributed by atoms with Gasteiger partial charge in [0.25, 0.3) is 0 Å². The van der Waals surface area contributed by atoms with Crippen molar-refractivity contribution in [3.05, 3.63) is 18.5 Å². The van der Waals surface area contributed by atoms with Crippen molar-refractivity contribution in [1.82, 2.24) is 9.29 Å². The highest BCUT2D eigenvalue weighted by atomic mass is 32.2. The zero-order chi connectivity index (χ0) is 14.9. The molecular formula is C15H23N3O2S. The van der Waals surface area contributed by atoms with Gasteiger partial charge in [-0.3, -0.25) is 4.98 Å². The summed E-state index contributed by atoms with van der Waals surface area (Å²) in [5, 5.41) is 3.14. The number of nitrogens with zero attached hydrogens (tertiary/aromatic N) is 2. The molecule has 1 saturated heterocycles. The molecular weight excluding hydrogens is 286 g/mol. The zero-order valence-corrected chi connectivity index (χ0v) is 13.3. The minimum Gasteiger partial charge on any atom is -0.384 e. The number of sulfonamides is 1. The first-order chi connectivity index (χ1) is 10.1. The van der Waals surface area contributed by atoms with Crippen molar-refractivity contribution in [3.63, 3.8) is 0 Å². The number of hydrogen-bond donors (Lipinski definition) is 1. The zero-order valence-electron chi connectivity index (χ0n) is 12.5. The average Bonchev–Trinajstić information content (AvgIpc) is 2.96. The van der Waals surface area contributed by atoms with E-state index >= 15 is 0 Å². The molecule has 0 radical (unpaired) electrons. The highest BCUT2D eigenvalue weighted by Gasteiger charge is 2.41. The fourth-order valence-corrected chi connectivity index (χ4v) is 5.62. The van der Waals surface area contributed by atoms with Crippen LogP contribution in [0.25, 0.3) is 0 Å². The highest BCUT2D eigenvalue weighted by molar-refractivity contribution is 7.89. The minimum absolute atomic E-state index is 0.193. The topological polar surface area (TPSA) is 62.3 Å². The van der Waals surface area contributed by atoms with Crippen LogP contribution in [0.3, 0.4) is 0 Å². The second-order valence-corrected chi connectivity index (χ2v) is 7.78. The maximum atomic E-state index is 13.1. The summed E-state index contributed by atoms with van der Waals surface area (Å²) in [6, 6.07) is 1.94. The molecule has 1 aromatic heterocycles. The lowest BCUT2D eigenvalue weighted by atomic mass is 9.94. The molecule has 1 aromatic rings. The summed E-state index contributed by atoms with van der Waals surface area (Å²) < 4.78 is 27.9. The lowest BCUT2D eigenvalue weighted by Crippen LogP contribution is -2.46. The summed E-state index contributed by atoms with van der Waals surface area (Å²) in [6.07, 6.45) is 8.57. The summed E-state index contributed by atoms with van der Waals surface area (Å²) in [4.78, 5) is 4.35. The molecule has 1 saturated carbocycles. The van der Waals surface area contributed by atoms with E-state index in [2.05, 4.69) is 10.3 Å². The van der Waals surface area contributed by atoms with Crippen molar-refractivity contribution in [3.8, 4) is 0 Å². The first-order valence-electron chi connectivity index (χ1n) is 7.84. The van der Waals surface area contributed by atoms with Crippen LogP contribution < -0.4 is 5.32 Å². The van der Waals surface area contributed by atoms with E-state index in [0.29, 0.717) is 29.6 Å². The third kappa shape index (κ3) is 2.66. The summed E-state index contributed by atoms with van der Waals surface area (Å²) in [5.41, 5.74) is 0.660. The molecule has 0 spiro atoms. The molecule has 2 atom stereocenters. The number of piperidine rings is 1. The van der Waals surface area contributed by atoms with Gasteiger partial charge in [-0.2, -0.15) is 4.31 Å². The molecule has 2 unspecified atom stereocenters. The standard InChI is InChI=1S/C15H23N3O2S/c1-2-17-13-8-9-16-11-15(13)21(19,20)18-10-4-6-12-5-3-7-14(12)18/h8-9,11-12,14H,2-7,10H2,1H3,(H,16,17). The number of anilines is 1. The maximum absolute atomic E-state index is 13.1. The van der Waals surface area contributed by atoms with Crippen molar-refractivity contribution >= 4 is 15.7 Å². The summed E-state index contributed by atoms with van der Waals surface area (Å²) >= 11 is 0. The number of hydrogen-bond acceptors (Lipinski definition) is 4. The Morgan fingerprint density at radius 3 is 2.95 bits per heavy atom. The summed E-state index contributed by atoms with van der Waals surface area (Å²) in [6.45, 7) is 3.30. The molecule has 0 aromatic carbocycles. The van der Waals surface area contributed by atoms with Gasteiger partial charge in [0, 0.05) is 31.5 Å². The fourth-order valence-electron chi connectivity index (χ4n) is 3.76. The lowest BCUT2D eigenvalue weighted by molar-refractivity contribution is 0.202. The highest BCUT2D eigenvalue weighted by Crippen LogP contribution is 2.40. The third-order valence-electron chi connectivity index (χ3n) is 4.68. The number of nitrogens with one attached hydrogen (secondary N) is 1. The number of pyridine rings is 1. The van der Waals surface area contributed by atoms with Crippen LogP contribution in [0.15, 0.2) is 23.4 Å². The Morgan fingerprint density at radius 2 is 2.14 bits per heavy atom. The van der Waals surface area contributed by atoms with E-state index in [4.69, 9.17) is 0 Å². The second-order valence-electron chi connectivity index (χ2n) is 5.92. The smallest absolute Gasteiger partial charge is 0.246 e. The molecule has 21 heavy (non-hydrogen) atoms. The van der Waals surface area contributed by atoms with Gasteiger partial charge in [-0.25, -0.2) is 8.42 Å². The molecule has 2 heterocycles. The Kier molecular flexibility index (Phi) is 4.17. The molecule has 5 nitrogen and oxygen atoms in total. The average molecular weight is 309 g/mol. The predicted molar refractivity (Wildman–Crippen MR) is 82.7 cm³/mol. The Morgan fingerprint density at radius 1 is 1.33 bits per heavy atom. The predicted octanol–water partition coefficient (Wildman–Crippen LogP) is 2.47. The van der Waals surface area contributed by atoms with E-state index < -0.39 is 10.0 Å². The summed E-state index contributed by atoms with van der Waals surface area (Å²) in [5.74, 6) is 0.549. The van der Waals surface area contributed by atoms with E-state index in [9.17, 15) is 8.42 Å². The van der Waals surface area contributed by atoms with E-state index in [0.717, 1.165) is 19.3 Å². The Labute approximate surface area is 126 Å². The van der Waals surface area contributed by atoms with Gasteiger partial charge in [0.1, 0.15) is 4.90 Å². The van der Waals surface area contributed by atoms with Crippen molar-refractivity contribution in [2.24, 2.45) is 5.92 Å². The van der Waals surface area contributed by atoms with Crippen LogP contribution in [-0.4, -0.2) is 36.8 Å². The van der Waals surface area contributed by atoms with E-state index in [-0.39, 0.29) is 6.04 Å². The van der Waals surface area contributed by atoms with Crippen LogP contribution in [0.1, 0.15) is 39.0 Å². The van der Waals surface area contributed by atoms with Gasteiger partial charge >= 0.3 is 0 Å².